The van der Waals surface area contributed by atoms with Crippen LogP contribution in [0.3, 0.4) is 0 Å². The standard InChI is InChI=1S/C13H25N3O/c1-11(10-16-8-6-14-7-9-16)13(17)15(2)12-4-3-5-12/h11-12,14H,3-10H2,1-2H3. The minimum Gasteiger partial charge on any atom is -0.343 e. The maximum atomic E-state index is 12.2. The van der Waals surface area contributed by atoms with E-state index in [-0.39, 0.29) is 5.92 Å². The lowest BCUT2D eigenvalue weighted by Gasteiger charge is -2.37. The van der Waals surface area contributed by atoms with Crippen molar-refractivity contribution >= 4 is 5.91 Å². The van der Waals surface area contributed by atoms with Gasteiger partial charge in [-0.15, -0.1) is 0 Å². The predicted molar refractivity (Wildman–Crippen MR) is 68.9 cm³/mol. The van der Waals surface area contributed by atoms with Crippen LogP contribution >= 0.6 is 0 Å². The van der Waals surface area contributed by atoms with E-state index in [1.807, 2.05) is 11.9 Å². The predicted octanol–water partition coefficient (Wildman–Crippen LogP) is 0.539. The molecule has 4 heteroatoms. The molecule has 1 N–H and O–H groups in total. The highest BCUT2D eigenvalue weighted by Crippen LogP contribution is 2.24. The molecule has 1 unspecified atom stereocenters. The van der Waals surface area contributed by atoms with E-state index in [2.05, 4.69) is 17.1 Å². The highest BCUT2D eigenvalue weighted by atomic mass is 16.2. The van der Waals surface area contributed by atoms with Crippen LogP contribution in [-0.4, -0.2) is 61.5 Å². The molecular weight excluding hydrogens is 214 g/mol. The highest BCUT2D eigenvalue weighted by Gasteiger charge is 2.29. The van der Waals surface area contributed by atoms with Gasteiger partial charge in [-0.1, -0.05) is 6.92 Å². The molecule has 1 saturated heterocycles. The third-order valence-electron chi connectivity index (χ3n) is 4.13. The first-order valence-corrected chi connectivity index (χ1v) is 6.88. The summed E-state index contributed by atoms with van der Waals surface area (Å²) in [5.41, 5.74) is 0. The second-order valence-electron chi connectivity index (χ2n) is 5.49. The summed E-state index contributed by atoms with van der Waals surface area (Å²) in [4.78, 5) is 16.6. The monoisotopic (exact) mass is 239 g/mol. The average molecular weight is 239 g/mol. The molecule has 1 aliphatic heterocycles. The number of amides is 1. The Labute approximate surface area is 104 Å². The van der Waals surface area contributed by atoms with E-state index in [0.717, 1.165) is 32.7 Å². The van der Waals surface area contributed by atoms with E-state index in [9.17, 15) is 4.79 Å². The molecule has 2 fully saturated rings. The smallest absolute Gasteiger partial charge is 0.226 e. The van der Waals surface area contributed by atoms with Crippen molar-refractivity contribution in [3.8, 4) is 0 Å². The number of carbonyl (C=O) groups excluding carboxylic acids is 1. The lowest BCUT2D eigenvalue weighted by Crippen LogP contribution is -2.49. The summed E-state index contributed by atoms with van der Waals surface area (Å²) < 4.78 is 0. The van der Waals surface area contributed by atoms with Crippen LogP contribution in [0.5, 0.6) is 0 Å². The molecule has 98 valence electrons. The van der Waals surface area contributed by atoms with Crippen LogP contribution in [0.25, 0.3) is 0 Å². The van der Waals surface area contributed by atoms with E-state index >= 15 is 0 Å². The van der Waals surface area contributed by atoms with Crippen molar-refractivity contribution in [2.45, 2.75) is 32.2 Å². The molecule has 0 aromatic carbocycles. The zero-order chi connectivity index (χ0) is 12.3. The zero-order valence-electron chi connectivity index (χ0n) is 11.1. The quantitative estimate of drug-likeness (QED) is 0.778. The number of hydrogen-bond acceptors (Lipinski definition) is 3. The molecule has 1 heterocycles. The summed E-state index contributed by atoms with van der Waals surface area (Å²) in [6, 6.07) is 0.521. The van der Waals surface area contributed by atoms with Crippen molar-refractivity contribution in [2.75, 3.05) is 39.8 Å². The van der Waals surface area contributed by atoms with E-state index in [1.165, 1.54) is 19.3 Å². The van der Waals surface area contributed by atoms with Gasteiger partial charge in [0.1, 0.15) is 0 Å². The summed E-state index contributed by atoms with van der Waals surface area (Å²) in [6.07, 6.45) is 3.68. The van der Waals surface area contributed by atoms with Gasteiger partial charge in [-0.3, -0.25) is 4.79 Å². The van der Waals surface area contributed by atoms with Gasteiger partial charge < -0.3 is 15.1 Å². The Morgan fingerprint density at radius 3 is 2.59 bits per heavy atom. The van der Waals surface area contributed by atoms with Crippen LogP contribution < -0.4 is 5.32 Å². The zero-order valence-corrected chi connectivity index (χ0v) is 11.1. The van der Waals surface area contributed by atoms with Crippen molar-refractivity contribution in [3.63, 3.8) is 0 Å². The number of nitrogens with one attached hydrogen (secondary N) is 1. The van der Waals surface area contributed by atoms with Gasteiger partial charge in [-0.05, 0) is 19.3 Å². The summed E-state index contributed by atoms with van der Waals surface area (Å²) in [6.45, 7) is 7.24. The first-order valence-electron chi connectivity index (χ1n) is 6.88. The number of nitrogens with zero attached hydrogens (tertiary/aromatic N) is 2. The fourth-order valence-corrected chi connectivity index (χ4v) is 2.66. The Morgan fingerprint density at radius 2 is 2.06 bits per heavy atom. The molecular formula is C13H25N3O. The lowest BCUT2D eigenvalue weighted by atomic mass is 9.91. The van der Waals surface area contributed by atoms with E-state index in [0.29, 0.717) is 11.9 Å². The van der Waals surface area contributed by atoms with Gasteiger partial charge >= 0.3 is 0 Å². The van der Waals surface area contributed by atoms with Crippen LogP contribution in [0, 0.1) is 5.92 Å². The first kappa shape index (κ1) is 12.8. The van der Waals surface area contributed by atoms with Gasteiger partial charge in [0.25, 0.3) is 0 Å². The molecule has 4 nitrogen and oxygen atoms in total. The number of hydrogen-bond donors (Lipinski definition) is 1. The van der Waals surface area contributed by atoms with E-state index in [1.54, 1.807) is 0 Å². The average Bonchev–Trinajstić information content (AvgIpc) is 2.27. The fourth-order valence-electron chi connectivity index (χ4n) is 2.66. The van der Waals surface area contributed by atoms with Gasteiger partial charge in [0, 0.05) is 51.7 Å². The summed E-state index contributed by atoms with van der Waals surface area (Å²) >= 11 is 0. The molecule has 1 aliphatic carbocycles. The highest BCUT2D eigenvalue weighted by molar-refractivity contribution is 5.78. The molecule has 1 atom stereocenters. The normalized spacial score (nSPS) is 24.1. The number of rotatable bonds is 4. The Bertz CT molecular complexity index is 259. The molecule has 1 amide bonds. The van der Waals surface area contributed by atoms with Crippen LogP contribution in [0.15, 0.2) is 0 Å². The topological polar surface area (TPSA) is 35.6 Å². The Morgan fingerprint density at radius 1 is 1.41 bits per heavy atom. The van der Waals surface area contributed by atoms with Gasteiger partial charge in [0.15, 0.2) is 0 Å². The van der Waals surface area contributed by atoms with E-state index in [4.69, 9.17) is 0 Å². The third kappa shape index (κ3) is 3.19. The second kappa shape index (κ2) is 5.83. The largest absolute Gasteiger partial charge is 0.343 e. The van der Waals surface area contributed by atoms with E-state index < -0.39 is 0 Å². The molecule has 0 aromatic heterocycles. The SMILES string of the molecule is CC(CN1CCNCC1)C(=O)N(C)C1CCC1. The van der Waals surface area contributed by atoms with Crippen LogP contribution in [-0.2, 0) is 4.79 Å². The Hall–Kier alpha value is -0.610. The molecule has 0 aromatic rings. The maximum absolute atomic E-state index is 12.2. The lowest BCUT2D eigenvalue weighted by molar-refractivity contribution is -0.138. The minimum atomic E-state index is 0.138. The number of piperazine rings is 1. The molecule has 2 rings (SSSR count). The third-order valence-corrected chi connectivity index (χ3v) is 4.13. The molecule has 0 radical (unpaired) electrons. The van der Waals surface area contributed by atoms with Gasteiger partial charge in [-0.2, -0.15) is 0 Å². The van der Waals surface area contributed by atoms with Crippen LogP contribution in [0.4, 0.5) is 0 Å². The van der Waals surface area contributed by atoms with Crippen molar-refractivity contribution in [1.82, 2.24) is 15.1 Å². The minimum absolute atomic E-state index is 0.138. The second-order valence-corrected chi connectivity index (χ2v) is 5.49. The van der Waals surface area contributed by atoms with Crippen LogP contribution in [0.2, 0.25) is 0 Å². The Kier molecular flexibility index (Phi) is 4.40. The maximum Gasteiger partial charge on any atom is 0.226 e. The Balaban J connectivity index is 1.77. The van der Waals surface area contributed by atoms with Gasteiger partial charge in [0.2, 0.25) is 5.91 Å². The fraction of sp³-hybridized carbons (Fsp3) is 0.923. The molecule has 1 saturated carbocycles. The molecule has 0 bridgehead atoms. The molecule has 0 spiro atoms. The first-order chi connectivity index (χ1) is 8.18. The van der Waals surface area contributed by atoms with Crippen molar-refractivity contribution in [1.29, 1.82) is 0 Å². The molecule has 2 aliphatic rings. The van der Waals surface area contributed by atoms with Gasteiger partial charge in [0.05, 0.1) is 0 Å². The summed E-state index contributed by atoms with van der Waals surface area (Å²) in [5, 5.41) is 3.34. The van der Waals surface area contributed by atoms with Crippen molar-refractivity contribution in [2.24, 2.45) is 5.92 Å². The summed E-state index contributed by atoms with van der Waals surface area (Å²) in [7, 11) is 1.97. The summed E-state index contributed by atoms with van der Waals surface area (Å²) in [5.74, 6) is 0.465. The number of carbonyl (C=O) groups is 1. The van der Waals surface area contributed by atoms with Crippen LogP contribution in [0.1, 0.15) is 26.2 Å². The van der Waals surface area contributed by atoms with Gasteiger partial charge in [-0.25, -0.2) is 0 Å². The molecule has 17 heavy (non-hydrogen) atoms. The van der Waals surface area contributed by atoms with Crippen molar-refractivity contribution in [3.05, 3.63) is 0 Å². The van der Waals surface area contributed by atoms with Crippen molar-refractivity contribution < 1.29 is 4.79 Å².